The van der Waals surface area contributed by atoms with Gasteiger partial charge in [0.2, 0.25) is 10.7 Å². The van der Waals surface area contributed by atoms with E-state index in [0.717, 1.165) is 66.4 Å². The molecule has 2 aliphatic rings. The van der Waals surface area contributed by atoms with E-state index in [0.29, 0.717) is 19.9 Å². The van der Waals surface area contributed by atoms with Gasteiger partial charge in [0.15, 0.2) is 0 Å². The standard InChI is InChI=1S/C24H29ClN6OS/c1-19-6-2-4-8-21(19)31-23(29-14-16-32-17-15-29)26-30(24(31)33)18-27-10-12-28(13-11-27)22-9-5-3-7-20(22)25/h2-9H,10-18H2,1H3. The van der Waals surface area contributed by atoms with Gasteiger partial charge in [-0.05, 0) is 42.9 Å². The van der Waals surface area contributed by atoms with E-state index in [4.69, 9.17) is 33.7 Å². The molecule has 3 heterocycles. The molecule has 5 rings (SSSR count). The zero-order valence-corrected chi connectivity index (χ0v) is 20.4. The van der Waals surface area contributed by atoms with Crippen molar-refractivity contribution in [2.24, 2.45) is 0 Å². The molecule has 2 aliphatic heterocycles. The summed E-state index contributed by atoms with van der Waals surface area (Å²) in [7, 11) is 0. The smallest absolute Gasteiger partial charge is 0.230 e. The van der Waals surface area contributed by atoms with E-state index in [-0.39, 0.29) is 0 Å². The second-order valence-electron chi connectivity index (χ2n) is 8.50. The van der Waals surface area contributed by atoms with Crippen molar-refractivity contribution in [3.63, 3.8) is 0 Å². The number of morpholine rings is 1. The molecule has 0 N–H and O–H groups in total. The van der Waals surface area contributed by atoms with Gasteiger partial charge in [0.1, 0.15) is 0 Å². The maximum absolute atomic E-state index is 6.41. The molecule has 33 heavy (non-hydrogen) atoms. The van der Waals surface area contributed by atoms with Crippen LogP contribution in [0.15, 0.2) is 48.5 Å². The first-order valence-electron chi connectivity index (χ1n) is 11.4. The number of aromatic nitrogens is 3. The molecule has 0 aliphatic carbocycles. The van der Waals surface area contributed by atoms with Gasteiger partial charge in [0, 0.05) is 39.3 Å². The van der Waals surface area contributed by atoms with Crippen molar-refractivity contribution in [1.29, 1.82) is 0 Å². The van der Waals surface area contributed by atoms with Crippen LogP contribution in [0.5, 0.6) is 0 Å². The fourth-order valence-electron chi connectivity index (χ4n) is 4.51. The minimum Gasteiger partial charge on any atom is -0.378 e. The normalized spacial score (nSPS) is 17.5. The number of ether oxygens (including phenoxy) is 1. The zero-order valence-electron chi connectivity index (χ0n) is 18.9. The van der Waals surface area contributed by atoms with Gasteiger partial charge in [-0.3, -0.25) is 9.47 Å². The molecular formula is C24H29ClN6OS. The van der Waals surface area contributed by atoms with Crippen LogP contribution in [-0.2, 0) is 11.4 Å². The number of hydrogen-bond acceptors (Lipinski definition) is 6. The van der Waals surface area contributed by atoms with Crippen molar-refractivity contribution in [2.75, 3.05) is 62.3 Å². The Morgan fingerprint density at radius 3 is 2.24 bits per heavy atom. The third-order valence-corrected chi connectivity index (χ3v) is 7.08. The number of nitrogens with zero attached hydrogens (tertiary/aromatic N) is 6. The number of aryl methyl sites for hydroxylation is 1. The summed E-state index contributed by atoms with van der Waals surface area (Å²) in [5, 5.41) is 5.81. The topological polar surface area (TPSA) is 41.7 Å². The third-order valence-electron chi connectivity index (χ3n) is 6.37. The molecule has 2 aromatic carbocycles. The lowest BCUT2D eigenvalue weighted by molar-refractivity contribution is 0.121. The van der Waals surface area contributed by atoms with Crippen LogP contribution in [-0.4, -0.2) is 71.7 Å². The van der Waals surface area contributed by atoms with Gasteiger partial charge < -0.3 is 14.5 Å². The summed E-state index contributed by atoms with van der Waals surface area (Å²) in [6, 6.07) is 16.4. The van der Waals surface area contributed by atoms with Crippen molar-refractivity contribution in [3.05, 3.63) is 63.9 Å². The molecule has 7 nitrogen and oxygen atoms in total. The molecule has 0 saturated carbocycles. The SMILES string of the molecule is Cc1ccccc1-n1c(N2CCOCC2)nn(CN2CCN(c3ccccc3Cl)CC2)c1=S. The molecule has 0 bridgehead atoms. The number of para-hydroxylation sites is 2. The first-order valence-corrected chi connectivity index (χ1v) is 12.2. The van der Waals surface area contributed by atoms with Crippen molar-refractivity contribution < 1.29 is 4.74 Å². The summed E-state index contributed by atoms with van der Waals surface area (Å²) in [6.07, 6.45) is 0. The molecule has 2 saturated heterocycles. The van der Waals surface area contributed by atoms with E-state index in [1.165, 1.54) is 5.56 Å². The van der Waals surface area contributed by atoms with Gasteiger partial charge in [-0.25, -0.2) is 4.68 Å². The zero-order chi connectivity index (χ0) is 22.8. The van der Waals surface area contributed by atoms with Crippen molar-refractivity contribution >= 4 is 35.5 Å². The molecule has 9 heteroatoms. The van der Waals surface area contributed by atoms with Crippen molar-refractivity contribution in [2.45, 2.75) is 13.6 Å². The summed E-state index contributed by atoms with van der Waals surface area (Å²) in [6.45, 7) is 9.53. The Morgan fingerprint density at radius 1 is 0.879 bits per heavy atom. The van der Waals surface area contributed by atoms with Gasteiger partial charge in [-0.15, -0.1) is 5.10 Å². The maximum atomic E-state index is 6.41. The molecule has 0 atom stereocenters. The van der Waals surface area contributed by atoms with Crippen LogP contribution < -0.4 is 9.80 Å². The third kappa shape index (κ3) is 4.66. The lowest BCUT2D eigenvalue weighted by Crippen LogP contribution is -2.47. The van der Waals surface area contributed by atoms with Crippen LogP contribution in [0.1, 0.15) is 5.56 Å². The van der Waals surface area contributed by atoms with E-state index >= 15 is 0 Å². The molecule has 0 radical (unpaired) electrons. The summed E-state index contributed by atoms with van der Waals surface area (Å²) in [4.78, 5) is 7.03. The lowest BCUT2D eigenvalue weighted by atomic mass is 10.2. The summed E-state index contributed by atoms with van der Waals surface area (Å²) in [5.41, 5.74) is 3.36. The van der Waals surface area contributed by atoms with Gasteiger partial charge in [0.25, 0.3) is 0 Å². The predicted octanol–water partition coefficient (Wildman–Crippen LogP) is 3.98. The summed E-state index contributed by atoms with van der Waals surface area (Å²) >= 11 is 12.4. The number of halogens is 1. The Bertz CT molecular complexity index is 1160. The Balaban J connectivity index is 1.38. The van der Waals surface area contributed by atoms with E-state index in [1.807, 2.05) is 22.9 Å². The molecule has 0 unspecified atom stereocenters. The molecule has 3 aromatic rings. The molecule has 0 amide bonds. The van der Waals surface area contributed by atoms with Crippen LogP contribution in [0, 0.1) is 11.7 Å². The Kier molecular flexibility index (Phi) is 6.69. The first-order chi connectivity index (χ1) is 16.1. The minimum atomic E-state index is 0.672. The average molecular weight is 485 g/mol. The summed E-state index contributed by atoms with van der Waals surface area (Å²) < 4.78 is 10.4. The van der Waals surface area contributed by atoms with Gasteiger partial charge in [-0.2, -0.15) is 0 Å². The number of anilines is 2. The molecular weight excluding hydrogens is 456 g/mol. The predicted molar refractivity (Wildman–Crippen MR) is 135 cm³/mol. The van der Waals surface area contributed by atoms with Crippen LogP contribution in [0.3, 0.4) is 0 Å². The van der Waals surface area contributed by atoms with E-state index < -0.39 is 0 Å². The highest BCUT2D eigenvalue weighted by molar-refractivity contribution is 7.71. The molecule has 0 spiro atoms. The second-order valence-corrected chi connectivity index (χ2v) is 9.27. The molecule has 174 valence electrons. The van der Waals surface area contributed by atoms with E-state index in [9.17, 15) is 0 Å². The number of benzene rings is 2. The number of rotatable bonds is 5. The average Bonchev–Trinajstić information content (AvgIpc) is 3.16. The van der Waals surface area contributed by atoms with Crippen molar-refractivity contribution in [3.8, 4) is 5.69 Å². The van der Waals surface area contributed by atoms with Crippen LogP contribution in [0.25, 0.3) is 5.69 Å². The van der Waals surface area contributed by atoms with Crippen LogP contribution >= 0.6 is 23.8 Å². The molecule has 1 aromatic heterocycles. The first kappa shape index (κ1) is 22.4. The van der Waals surface area contributed by atoms with E-state index in [2.05, 4.69) is 56.5 Å². The van der Waals surface area contributed by atoms with Crippen molar-refractivity contribution in [1.82, 2.24) is 19.2 Å². The highest BCUT2D eigenvalue weighted by atomic mass is 35.5. The van der Waals surface area contributed by atoms with Gasteiger partial charge >= 0.3 is 0 Å². The highest BCUT2D eigenvalue weighted by Crippen LogP contribution is 2.27. The number of hydrogen-bond donors (Lipinski definition) is 0. The number of piperazine rings is 1. The van der Waals surface area contributed by atoms with E-state index in [1.54, 1.807) is 0 Å². The van der Waals surface area contributed by atoms with Gasteiger partial charge in [-0.1, -0.05) is 41.9 Å². The fourth-order valence-corrected chi connectivity index (χ4v) is 5.04. The summed E-state index contributed by atoms with van der Waals surface area (Å²) in [5.74, 6) is 0.896. The van der Waals surface area contributed by atoms with Gasteiger partial charge in [0.05, 0.1) is 36.3 Å². The lowest BCUT2D eigenvalue weighted by Gasteiger charge is -2.36. The second kappa shape index (κ2) is 9.85. The van der Waals surface area contributed by atoms with Crippen LogP contribution in [0.2, 0.25) is 5.02 Å². The Labute approximate surface area is 204 Å². The quantitative estimate of drug-likeness (QED) is 0.510. The monoisotopic (exact) mass is 484 g/mol. The fraction of sp³-hybridized carbons (Fsp3) is 0.417. The molecule has 2 fully saturated rings. The van der Waals surface area contributed by atoms with Crippen LogP contribution in [0.4, 0.5) is 11.6 Å². The maximum Gasteiger partial charge on any atom is 0.230 e. The largest absolute Gasteiger partial charge is 0.378 e. The minimum absolute atomic E-state index is 0.672. The highest BCUT2D eigenvalue weighted by Gasteiger charge is 2.24. The Hall–Kier alpha value is -2.39. The Morgan fingerprint density at radius 2 is 1.55 bits per heavy atom.